The molecule has 0 spiro atoms. The van der Waals surface area contributed by atoms with Crippen LogP contribution in [0.25, 0.3) is 10.9 Å². The van der Waals surface area contributed by atoms with Gasteiger partial charge in [0.2, 0.25) is 0 Å². The molecule has 2 rings (SSSR count). The molecule has 0 radical (unpaired) electrons. The molecule has 0 atom stereocenters. The lowest BCUT2D eigenvalue weighted by Gasteiger charge is -2.00. The van der Waals surface area contributed by atoms with Crippen molar-refractivity contribution < 1.29 is 9.90 Å². The first kappa shape index (κ1) is 11.7. The molecule has 0 saturated heterocycles. The van der Waals surface area contributed by atoms with Gasteiger partial charge in [0.15, 0.2) is 0 Å². The van der Waals surface area contributed by atoms with E-state index in [4.69, 9.17) is 5.11 Å². The van der Waals surface area contributed by atoms with Crippen molar-refractivity contribution in [2.45, 2.75) is 13.5 Å². The van der Waals surface area contributed by atoms with Crippen molar-refractivity contribution in [1.29, 1.82) is 0 Å². The molecule has 0 unspecified atom stereocenters. The normalized spacial score (nSPS) is 11.0. The fourth-order valence-electron chi connectivity index (χ4n) is 2.18. The monoisotopic (exact) mass is 232 g/mol. The first-order chi connectivity index (χ1) is 8.06. The fraction of sp³-hybridized carbons (Fsp3) is 0.308. The van der Waals surface area contributed by atoms with Crippen LogP contribution >= 0.6 is 0 Å². The van der Waals surface area contributed by atoms with E-state index >= 15 is 0 Å². The molecule has 2 aromatic rings. The maximum Gasteiger partial charge on any atom is 0.335 e. The third-order valence-corrected chi connectivity index (χ3v) is 3.22. The fourth-order valence-corrected chi connectivity index (χ4v) is 2.18. The van der Waals surface area contributed by atoms with Gasteiger partial charge < -0.3 is 15.0 Å². The van der Waals surface area contributed by atoms with Gasteiger partial charge in [0.05, 0.1) is 5.56 Å². The first-order valence-corrected chi connectivity index (χ1v) is 5.52. The molecule has 4 heteroatoms. The molecule has 0 aliphatic rings. The summed E-state index contributed by atoms with van der Waals surface area (Å²) in [5.41, 5.74) is 3.68. The highest BCUT2D eigenvalue weighted by Crippen LogP contribution is 2.25. The number of aromatic carboxylic acids is 1. The molecule has 90 valence electrons. The van der Waals surface area contributed by atoms with Crippen LogP contribution in [0.3, 0.4) is 0 Å². The number of carboxylic acids is 1. The molecule has 17 heavy (non-hydrogen) atoms. The summed E-state index contributed by atoms with van der Waals surface area (Å²) >= 11 is 0. The number of nitrogens with one attached hydrogen (secondary N) is 1. The number of rotatable bonds is 3. The molecule has 0 saturated carbocycles. The Balaban J connectivity index is 2.71. The molecule has 1 heterocycles. The Morgan fingerprint density at radius 3 is 2.76 bits per heavy atom. The standard InChI is InChI=1S/C13H16N2O2/c1-8-11(7-14-2)10-5-4-9(13(16)17)6-12(10)15(8)3/h4-6,14H,7H2,1-3H3,(H,16,17). The second-order valence-electron chi connectivity index (χ2n) is 4.19. The van der Waals surface area contributed by atoms with Crippen molar-refractivity contribution in [3.05, 3.63) is 35.0 Å². The molecule has 0 aliphatic carbocycles. The smallest absolute Gasteiger partial charge is 0.335 e. The number of aryl methyl sites for hydroxylation is 1. The Hall–Kier alpha value is -1.81. The lowest BCUT2D eigenvalue weighted by molar-refractivity contribution is 0.0697. The summed E-state index contributed by atoms with van der Waals surface area (Å²) in [7, 11) is 3.87. The van der Waals surface area contributed by atoms with Crippen LogP contribution in [-0.4, -0.2) is 22.7 Å². The van der Waals surface area contributed by atoms with Crippen LogP contribution in [0.5, 0.6) is 0 Å². The highest BCUT2D eigenvalue weighted by Gasteiger charge is 2.13. The van der Waals surface area contributed by atoms with Crippen LogP contribution in [-0.2, 0) is 13.6 Å². The van der Waals surface area contributed by atoms with Crippen LogP contribution in [0.1, 0.15) is 21.6 Å². The Morgan fingerprint density at radius 2 is 2.18 bits per heavy atom. The van der Waals surface area contributed by atoms with E-state index in [9.17, 15) is 4.79 Å². The van der Waals surface area contributed by atoms with E-state index in [-0.39, 0.29) is 0 Å². The zero-order valence-corrected chi connectivity index (χ0v) is 10.2. The molecule has 1 aromatic heterocycles. The highest BCUT2D eigenvalue weighted by atomic mass is 16.4. The number of benzene rings is 1. The quantitative estimate of drug-likeness (QED) is 0.849. The molecule has 1 aromatic carbocycles. The number of aromatic nitrogens is 1. The van der Waals surface area contributed by atoms with Crippen LogP contribution < -0.4 is 5.32 Å². The molecule has 2 N–H and O–H groups in total. The van der Waals surface area contributed by atoms with Crippen molar-refractivity contribution in [2.24, 2.45) is 7.05 Å². The van der Waals surface area contributed by atoms with Crippen molar-refractivity contribution in [3.63, 3.8) is 0 Å². The van der Waals surface area contributed by atoms with Gasteiger partial charge in [-0.25, -0.2) is 4.79 Å². The second kappa shape index (κ2) is 4.22. The van der Waals surface area contributed by atoms with Crippen LogP contribution in [0.4, 0.5) is 0 Å². The van der Waals surface area contributed by atoms with Crippen LogP contribution in [0.2, 0.25) is 0 Å². The summed E-state index contributed by atoms with van der Waals surface area (Å²) in [5, 5.41) is 13.2. The van der Waals surface area contributed by atoms with Gasteiger partial charge in [-0.15, -0.1) is 0 Å². The largest absolute Gasteiger partial charge is 0.478 e. The number of carboxylic acid groups (broad SMARTS) is 1. The van der Waals surface area contributed by atoms with Gasteiger partial charge in [-0.3, -0.25) is 0 Å². The van der Waals surface area contributed by atoms with Crippen LogP contribution in [0, 0.1) is 6.92 Å². The second-order valence-corrected chi connectivity index (χ2v) is 4.19. The van der Waals surface area contributed by atoms with E-state index in [1.165, 1.54) is 5.56 Å². The molecule has 0 aliphatic heterocycles. The van der Waals surface area contributed by atoms with E-state index < -0.39 is 5.97 Å². The zero-order chi connectivity index (χ0) is 12.6. The van der Waals surface area contributed by atoms with E-state index in [1.54, 1.807) is 12.1 Å². The minimum Gasteiger partial charge on any atom is -0.478 e. The van der Waals surface area contributed by atoms with Gasteiger partial charge in [0, 0.05) is 30.2 Å². The maximum atomic E-state index is 11.0. The first-order valence-electron chi connectivity index (χ1n) is 5.52. The SMILES string of the molecule is CNCc1c(C)n(C)c2cc(C(=O)O)ccc12. The Kier molecular flexibility index (Phi) is 2.90. The van der Waals surface area contributed by atoms with E-state index in [0.717, 1.165) is 23.1 Å². The third-order valence-electron chi connectivity index (χ3n) is 3.22. The summed E-state index contributed by atoms with van der Waals surface area (Å²) in [6.07, 6.45) is 0. The molecule has 0 bridgehead atoms. The summed E-state index contributed by atoms with van der Waals surface area (Å²) in [4.78, 5) is 11.0. The van der Waals surface area contributed by atoms with Gasteiger partial charge >= 0.3 is 5.97 Å². The van der Waals surface area contributed by atoms with Gasteiger partial charge in [-0.1, -0.05) is 6.07 Å². The molecular formula is C13H16N2O2. The van der Waals surface area contributed by atoms with E-state index in [0.29, 0.717) is 5.56 Å². The lowest BCUT2D eigenvalue weighted by atomic mass is 10.1. The average molecular weight is 232 g/mol. The summed E-state index contributed by atoms with van der Waals surface area (Å²) in [6.45, 7) is 2.84. The molecular weight excluding hydrogens is 216 g/mol. The average Bonchev–Trinajstić information content (AvgIpc) is 2.54. The predicted octanol–water partition coefficient (Wildman–Crippen LogP) is 1.90. The minimum absolute atomic E-state index is 0.328. The third kappa shape index (κ3) is 1.80. The molecule has 4 nitrogen and oxygen atoms in total. The predicted molar refractivity (Wildman–Crippen MR) is 67.4 cm³/mol. The molecule has 0 amide bonds. The van der Waals surface area contributed by atoms with Gasteiger partial charge in [0.1, 0.15) is 0 Å². The number of fused-ring (bicyclic) bond motifs is 1. The van der Waals surface area contributed by atoms with Gasteiger partial charge in [0.25, 0.3) is 0 Å². The Bertz CT molecular complexity index is 585. The topological polar surface area (TPSA) is 54.3 Å². The number of nitrogens with zero attached hydrogens (tertiary/aromatic N) is 1. The summed E-state index contributed by atoms with van der Waals surface area (Å²) in [5.74, 6) is -0.888. The van der Waals surface area contributed by atoms with E-state index in [1.807, 2.05) is 31.7 Å². The zero-order valence-electron chi connectivity index (χ0n) is 10.2. The summed E-state index contributed by atoms with van der Waals surface area (Å²) < 4.78 is 2.04. The number of hydrogen-bond donors (Lipinski definition) is 2. The van der Waals surface area contributed by atoms with Crippen LogP contribution in [0.15, 0.2) is 18.2 Å². The van der Waals surface area contributed by atoms with Crippen molar-refractivity contribution in [1.82, 2.24) is 9.88 Å². The lowest BCUT2D eigenvalue weighted by Crippen LogP contribution is -2.06. The number of hydrogen-bond acceptors (Lipinski definition) is 2. The number of carbonyl (C=O) groups is 1. The van der Waals surface area contributed by atoms with Crippen molar-refractivity contribution in [2.75, 3.05) is 7.05 Å². The highest BCUT2D eigenvalue weighted by molar-refractivity contribution is 5.95. The van der Waals surface area contributed by atoms with Crippen molar-refractivity contribution >= 4 is 16.9 Å². The van der Waals surface area contributed by atoms with Crippen molar-refractivity contribution in [3.8, 4) is 0 Å². The summed E-state index contributed by atoms with van der Waals surface area (Å²) in [6, 6.07) is 5.27. The van der Waals surface area contributed by atoms with Gasteiger partial charge in [-0.2, -0.15) is 0 Å². The van der Waals surface area contributed by atoms with E-state index in [2.05, 4.69) is 5.32 Å². The maximum absolute atomic E-state index is 11.0. The Labute approximate surface area is 99.9 Å². The minimum atomic E-state index is -0.888. The molecule has 0 fully saturated rings. The van der Waals surface area contributed by atoms with Gasteiger partial charge in [-0.05, 0) is 31.7 Å². The Morgan fingerprint density at radius 1 is 1.47 bits per heavy atom.